The van der Waals surface area contributed by atoms with Gasteiger partial charge in [-0.1, -0.05) is 12.8 Å². The Labute approximate surface area is 119 Å². The molecule has 20 heavy (non-hydrogen) atoms. The van der Waals surface area contributed by atoms with Crippen LogP contribution in [0.25, 0.3) is 0 Å². The number of primary amides is 1. The molecule has 2 fully saturated rings. The van der Waals surface area contributed by atoms with Crippen molar-refractivity contribution in [3.05, 3.63) is 0 Å². The molecule has 4 N–H and O–H groups in total. The molecule has 1 saturated carbocycles. The highest BCUT2D eigenvalue weighted by Gasteiger charge is 2.36. The van der Waals surface area contributed by atoms with E-state index < -0.39 is 11.9 Å². The van der Waals surface area contributed by atoms with Crippen molar-refractivity contribution in [2.45, 2.75) is 38.1 Å². The van der Waals surface area contributed by atoms with E-state index in [1.54, 1.807) is 4.90 Å². The van der Waals surface area contributed by atoms with Crippen LogP contribution in [0.4, 0.5) is 0 Å². The van der Waals surface area contributed by atoms with E-state index in [4.69, 9.17) is 16.2 Å². The van der Waals surface area contributed by atoms with Crippen LogP contribution in [-0.4, -0.2) is 49.1 Å². The molecule has 2 amide bonds. The third kappa shape index (κ3) is 3.49. The lowest BCUT2D eigenvalue weighted by molar-refractivity contribution is -0.151. The minimum Gasteiger partial charge on any atom is -0.377 e. The van der Waals surface area contributed by atoms with Gasteiger partial charge < -0.3 is 21.1 Å². The Balaban J connectivity index is 1.99. The van der Waals surface area contributed by atoms with Crippen molar-refractivity contribution < 1.29 is 14.3 Å². The van der Waals surface area contributed by atoms with Crippen LogP contribution in [0.1, 0.15) is 32.1 Å². The molecule has 3 unspecified atom stereocenters. The molecular weight excluding hydrogens is 258 g/mol. The SMILES string of the molecule is NCCC1CCCC(C(=O)N2CCOCC2C(N)=O)C1. The molecule has 1 aliphatic carbocycles. The number of carbonyl (C=O) groups is 2. The van der Waals surface area contributed by atoms with Crippen LogP contribution >= 0.6 is 0 Å². The summed E-state index contributed by atoms with van der Waals surface area (Å²) in [5.41, 5.74) is 11.0. The number of nitrogens with zero attached hydrogens (tertiary/aromatic N) is 1. The minimum absolute atomic E-state index is 0.0141. The van der Waals surface area contributed by atoms with Crippen LogP contribution in [0.5, 0.6) is 0 Å². The molecule has 3 atom stereocenters. The van der Waals surface area contributed by atoms with Gasteiger partial charge in [-0.25, -0.2) is 0 Å². The first-order chi connectivity index (χ1) is 9.63. The van der Waals surface area contributed by atoms with Gasteiger partial charge in [-0.15, -0.1) is 0 Å². The van der Waals surface area contributed by atoms with E-state index in [-0.39, 0.29) is 18.4 Å². The predicted octanol–water partition coefficient (Wildman–Crippen LogP) is -0.146. The topological polar surface area (TPSA) is 98.7 Å². The van der Waals surface area contributed by atoms with E-state index in [0.717, 1.165) is 32.1 Å². The standard InChI is InChI=1S/C14H25N3O3/c15-5-4-10-2-1-3-11(8-10)14(19)17-6-7-20-9-12(17)13(16)18/h10-12H,1-9,15H2,(H2,16,18). The summed E-state index contributed by atoms with van der Waals surface area (Å²) in [6.07, 6.45) is 4.99. The number of rotatable bonds is 4. The van der Waals surface area contributed by atoms with Crippen molar-refractivity contribution >= 4 is 11.8 Å². The molecule has 2 rings (SSSR count). The molecule has 1 heterocycles. The van der Waals surface area contributed by atoms with E-state index in [9.17, 15) is 9.59 Å². The third-order valence-electron chi connectivity index (χ3n) is 4.45. The molecule has 0 bridgehead atoms. The largest absolute Gasteiger partial charge is 0.377 e. The van der Waals surface area contributed by atoms with Crippen molar-refractivity contribution in [3.63, 3.8) is 0 Å². The van der Waals surface area contributed by atoms with Crippen LogP contribution < -0.4 is 11.5 Å². The summed E-state index contributed by atoms with van der Waals surface area (Å²) in [5, 5.41) is 0. The van der Waals surface area contributed by atoms with Crippen LogP contribution in [-0.2, 0) is 14.3 Å². The van der Waals surface area contributed by atoms with Crippen molar-refractivity contribution in [2.75, 3.05) is 26.3 Å². The number of morpholine rings is 1. The maximum Gasteiger partial charge on any atom is 0.242 e. The van der Waals surface area contributed by atoms with E-state index in [2.05, 4.69) is 0 Å². The summed E-state index contributed by atoms with van der Waals surface area (Å²) in [6, 6.07) is -0.605. The van der Waals surface area contributed by atoms with Crippen molar-refractivity contribution in [1.82, 2.24) is 4.90 Å². The Bertz CT molecular complexity index is 360. The number of hydrogen-bond acceptors (Lipinski definition) is 4. The molecule has 0 aromatic rings. The number of ether oxygens (including phenoxy) is 1. The summed E-state index contributed by atoms with van der Waals surface area (Å²) in [7, 11) is 0. The maximum atomic E-state index is 12.6. The first-order valence-electron chi connectivity index (χ1n) is 7.51. The van der Waals surface area contributed by atoms with Crippen LogP contribution in [0.3, 0.4) is 0 Å². The molecule has 1 aliphatic heterocycles. The van der Waals surface area contributed by atoms with Gasteiger partial charge in [0.15, 0.2) is 0 Å². The van der Waals surface area contributed by atoms with E-state index >= 15 is 0 Å². The summed E-state index contributed by atoms with van der Waals surface area (Å²) in [6.45, 7) is 1.84. The highest BCUT2D eigenvalue weighted by molar-refractivity contribution is 5.88. The zero-order valence-electron chi connectivity index (χ0n) is 11.9. The van der Waals surface area contributed by atoms with E-state index in [1.165, 1.54) is 0 Å². The fourth-order valence-corrected chi connectivity index (χ4v) is 3.35. The maximum absolute atomic E-state index is 12.6. The average Bonchev–Trinajstić information content (AvgIpc) is 2.47. The van der Waals surface area contributed by atoms with Gasteiger partial charge in [0.1, 0.15) is 6.04 Å². The van der Waals surface area contributed by atoms with Crippen molar-refractivity contribution in [1.29, 1.82) is 0 Å². The van der Waals surface area contributed by atoms with Crippen molar-refractivity contribution in [2.24, 2.45) is 23.3 Å². The molecule has 114 valence electrons. The van der Waals surface area contributed by atoms with Gasteiger partial charge in [0, 0.05) is 12.5 Å². The second kappa shape index (κ2) is 7.04. The van der Waals surface area contributed by atoms with Gasteiger partial charge in [-0.2, -0.15) is 0 Å². The third-order valence-corrected chi connectivity index (χ3v) is 4.45. The first kappa shape index (κ1) is 15.3. The number of carbonyl (C=O) groups excluding carboxylic acids is 2. The van der Waals surface area contributed by atoms with Crippen LogP contribution in [0.2, 0.25) is 0 Å². The van der Waals surface area contributed by atoms with E-state index in [1.807, 2.05) is 0 Å². The molecule has 0 radical (unpaired) electrons. The fraction of sp³-hybridized carbons (Fsp3) is 0.857. The minimum atomic E-state index is -0.605. The molecule has 0 spiro atoms. The normalized spacial score (nSPS) is 31.1. The number of nitrogens with two attached hydrogens (primary N) is 2. The summed E-state index contributed by atoms with van der Waals surface area (Å²) in [4.78, 5) is 25.7. The predicted molar refractivity (Wildman–Crippen MR) is 74.6 cm³/mol. The second-order valence-corrected chi connectivity index (χ2v) is 5.83. The van der Waals surface area contributed by atoms with Gasteiger partial charge in [0.25, 0.3) is 0 Å². The Hall–Kier alpha value is -1.14. The van der Waals surface area contributed by atoms with Gasteiger partial charge in [0.05, 0.1) is 13.2 Å². The highest BCUT2D eigenvalue weighted by Crippen LogP contribution is 2.32. The smallest absolute Gasteiger partial charge is 0.242 e. The van der Waals surface area contributed by atoms with Gasteiger partial charge in [-0.3, -0.25) is 9.59 Å². The highest BCUT2D eigenvalue weighted by atomic mass is 16.5. The summed E-state index contributed by atoms with van der Waals surface area (Å²) < 4.78 is 5.26. The van der Waals surface area contributed by atoms with Gasteiger partial charge in [0.2, 0.25) is 11.8 Å². The lowest BCUT2D eigenvalue weighted by Crippen LogP contribution is -2.56. The summed E-state index contributed by atoms with van der Waals surface area (Å²) >= 11 is 0. The quantitative estimate of drug-likeness (QED) is 0.750. The Morgan fingerprint density at radius 1 is 1.30 bits per heavy atom. The van der Waals surface area contributed by atoms with Gasteiger partial charge in [-0.05, 0) is 31.7 Å². The molecular formula is C14H25N3O3. The van der Waals surface area contributed by atoms with Gasteiger partial charge >= 0.3 is 0 Å². The zero-order valence-corrected chi connectivity index (χ0v) is 11.9. The number of amides is 2. The first-order valence-corrected chi connectivity index (χ1v) is 7.51. The lowest BCUT2D eigenvalue weighted by Gasteiger charge is -2.38. The van der Waals surface area contributed by atoms with Crippen LogP contribution in [0, 0.1) is 11.8 Å². The Morgan fingerprint density at radius 2 is 2.10 bits per heavy atom. The van der Waals surface area contributed by atoms with Crippen molar-refractivity contribution in [3.8, 4) is 0 Å². The molecule has 6 nitrogen and oxygen atoms in total. The molecule has 0 aromatic carbocycles. The molecule has 0 aromatic heterocycles. The number of hydrogen-bond donors (Lipinski definition) is 2. The van der Waals surface area contributed by atoms with E-state index in [0.29, 0.717) is 25.6 Å². The summed E-state index contributed by atoms with van der Waals surface area (Å²) in [5.74, 6) is 0.141. The Morgan fingerprint density at radius 3 is 2.80 bits per heavy atom. The molecule has 2 aliphatic rings. The lowest BCUT2D eigenvalue weighted by atomic mass is 9.79. The Kier molecular flexibility index (Phi) is 5.37. The average molecular weight is 283 g/mol. The fourth-order valence-electron chi connectivity index (χ4n) is 3.35. The van der Waals surface area contributed by atoms with Crippen LogP contribution in [0.15, 0.2) is 0 Å². The molecule has 6 heteroatoms. The monoisotopic (exact) mass is 283 g/mol. The second-order valence-electron chi connectivity index (χ2n) is 5.83. The zero-order chi connectivity index (χ0) is 14.5. The molecule has 1 saturated heterocycles.